The molecule has 4 N–H and O–H groups in total. The van der Waals surface area contributed by atoms with Gasteiger partial charge in [-0.15, -0.1) is 0 Å². The predicted octanol–water partition coefficient (Wildman–Crippen LogP) is 3.59. The van der Waals surface area contributed by atoms with Gasteiger partial charge in [-0.1, -0.05) is 96.8 Å². The Morgan fingerprint density at radius 3 is 1.65 bits per heavy atom. The highest BCUT2D eigenvalue weighted by molar-refractivity contribution is 5.69. The Morgan fingerprint density at radius 1 is 0.742 bits per heavy atom. The van der Waals surface area contributed by atoms with E-state index in [1.54, 1.807) is 0 Å². The summed E-state index contributed by atoms with van der Waals surface area (Å²) in [6, 6.07) is 0. The molecule has 0 amide bonds. The zero-order valence-electron chi connectivity index (χ0n) is 19.4. The number of esters is 1. The zero-order chi connectivity index (χ0) is 22.9. The lowest BCUT2D eigenvalue weighted by Gasteiger charge is -2.39. The first-order chi connectivity index (χ1) is 15.0. The van der Waals surface area contributed by atoms with Crippen LogP contribution in [-0.2, 0) is 14.3 Å². The van der Waals surface area contributed by atoms with Crippen molar-refractivity contribution in [2.45, 2.75) is 140 Å². The Kier molecular flexibility index (Phi) is 16.2. The molecule has 1 aliphatic rings. The minimum absolute atomic E-state index is 0.202. The van der Waals surface area contributed by atoms with Crippen LogP contribution in [0.4, 0.5) is 0 Å². The number of unbranched alkanes of at least 4 members (excludes halogenated alkanes) is 14. The molecule has 0 aromatic heterocycles. The van der Waals surface area contributed by atoms with Crippen LogP contribution in [0, 0.1) is 0 Å². The lowest BCUT2D eigenvalue weighted by molar-refractivity contribution is -0.290. The van der Waals surface area contributed by atoms with Crippen molar-refractivity contribution in [1.82, 2.24) is 0 Å². The van der Waals surface area contributed by atoms with E-state index in [1.807, 2.05) is 0 Å². The Hall–Kier alpha value is -0.730. The third kappa shape index (κ3) is 12.2. The summed E-state index contributed by atoms with van der Waals surface area (Å²) in [4.78, 5) is 12.0. The van der Waals surface area contributed by atoms with Gasteiger partial charge in [0.25, 0.3) is 0 Å². The smallest absolute Gasteiger partial charge is 0.306 e. The maximum atomic E-state index is 12.0. The fourth-order valence-electron chi connectivity index (χ4n) is 4.05. The van der Waals surface area contributed by atoms with Crippen molar-refractivity contribution in [1.29, 1.82) is 0 Å². The average molecular weight is 447 g/mol. The summed E-state index contributed by atoms with van der Waals surface area (Å²) in [5.41, 5.74) is 0. The monoisotopic (exact) mass is 446 g/mol. The molecule has 1 rings (SSSR count). The first kappa shape index (κ1) is 28.3. The van der Waals surface area contributed by atoms with E-state index in [0.29, 0.717) is 6.42 Å². The molecule has 5 atom stereocenters. The number of rotatable bonds is 18. The Morgan fingerprint density at radius 2 is 1.19 bits per heavy atom. The van der Waals surface area contributed by atoms with E-state index in [4.69, 9.17) is 14.6 Å². The Balaban J connectivity index is 1.95. The van der Waals surface area contributed by atoms with Crippen LogP contribution in [-0.4, -0.2) is 63.7 Å². The van der Waals surface area contributed by atoms with Crippen molar-refractivity contribution in [3.05, 3.63) is 0 Å². The normalized spacial score (nSPS) is 26.2. The van der Waals surface area contributed by atoms with Crippen LogP contribution in [0.5, 0.6) is 0 Å². The summed E-state index contributed by atoms with van der Waals surface area (Å²) in [5.74, 6) is -0.531. The maximum absolute atomic E-state index is 12.0. The molecule has 0 aromatic carbocycles. The van der Waals surface area contributed by atoms with Crippen LogP contribution < -0.4 is 0 Å². The van der Waals surface area contributed by atoms with Gasteiger partial charge in [0, 0.05) is 6.42 Å². The zero-order valence-corrected chi connectivity index (χ0v) is 19.4. The van der Waals surface area contributed by atoms with Gasteiger partial charge in [-0.05, 0) is 6.42 Å². The number of ether oxygens (including phenoxy) is 2. The van der Waals surface area contributed by atoms with E-state index in [9.17, 15) is 20.1 Å². The summed E-state index contributed by atoms with van der Waals surface area (Å²) in [5, 5.41) is 38.7. The Bertz CT molecular complexity index is 446. The van der Waals surface area contributed by atoms with Gasteiger partial charge in [0.2, 0.25) is 0 Å². The molecule has 184 valence electrons. The molecular weight excluding hydrogens is 400 g/mol. The second-order valence-corrected chi connectivity index (χ2v) is 8.88. The number of hydrogen-bond acceptors (Lipinski definition) is 7. The quantitative estimate of drug-likeness (QED) is 0.188. The first-order valence-electron chi connectivity index (χ1n) is 12.5. The van der Waals surface area contributed by atoms with Gasteiger partial charge < -0.3 is 29.9 Å². The maximum Gasteiger partial charge on any atom is 0.306 e. The van der Waals surface area contributed by atoms with Crippen molar-refractivity contribution in [2.75, 3.05) is 6.61 Å². The highest BCUT2D eigenvalue weighted by Gasteiger charge is 2.45. The third-order valence-electron chi connectivity index (χ3n) is 6.09. The molecule has 7 nitrogen and oxygen atoms in total. The molecular formula is C24H46O7. The van der Waals surface area contributed by atoms with Crippen molar-refractivity contribution >= 4 is 5.97 Å². The van der Waals surface area contributed by atoms with E-state index >= 15 is 0 Å². The van der Waals surface area contributed by atoms with E-state index in [2.05, 4.69) is 6.92 Å². The van der Waals surface area contributed by atoms with E-state index in [0.717, 1.165) is 12.8 Å². The molecule has 0 aliphatic carbocycles. The lowest BCUT2D eigenvalue weighted by Crippen LogP contribution is -2.59. The second-order valence-electron chi connectivity index (χ2n) is 8.88. The summed E-state index contributed by atoms with van der Waals surface area (Å²) >= 11 is 0. The lowest BCUT2D eigenvalue weighted by atomic mass is 9.99. The fraction of sp³-hybridized carbons (Fsp3) is 0.958. The molecule has 0 saturated carbocycles. The average Bonchev–Trinajstić information content (AvgIpc) is 2.76. The Labute approximate surface area is 188 Å². The van der Waals surface area contributed by atoms with Crippen LogP contribution in [0.2, 0.25) is 0 Å². The van der Waals surface area contributed by atoms with Gasteiger partial charge in [-0.2, -0.15) is 0 Å². The predicted molar refractivity (Wildman–Crippen MR) is 119 cm³/mol. The van der Waals surface area contributed by atoms with Crippen LogP contribution >= 0.6 is 0 Å². The van der Waals surface area contributed by atoms with Crippen molar-refractivity contribution in [3.63, 3.8) is 0 Å². The highest BCUT2D eigenvalue weighted by atomic mass is 16.7. The third-order valence-corrected chi connectivity index (χ3v) is 6.09. The van der Waals surface area contributed by atoms with Crippen LogP contribution in [0.3, 0.4) is 0 Å². The van der Waals surface area contributed by atoms with E-state index < -0.39 is 43.3 Å². The van der Waals surface area contributed by atoms with Gasteiger partial charge >= 0.3 is 5.97 Å². The molecule has 0 aromatic rings. The first-order valence-corrected chi connectivity index (χ1v) is 12.5. The highest BCUT2D eigenvalue weighted by Crippen LogP contribution is 2.23. The number of aliphatic hydroxyl groups excluding tert-OH is 4. The van der Waals surface area contributed by atoms with Crippen LogP contribution in [0.1, 0.15) is 110 Å². The topological polar surface area (TPSA) is 116 Å². The molecule has 31 heavy (non-hydrogen) atoms. The van der Waals surface area contributed by atoms with Gasteiger partial charge in [0.05, 0.1) is 6.61 Å². The molecule has 1 fully saturated rings. The second kappa shape index (κ2) is 17.8. The van der Waals surface area contributed by atoms with Gasteiger partial charge in [0.15, 0.2) is 12.4 Å². The van der Waals surface area contributed by atoms with Crippen LogP contribution in [0.15, 0.2) is 0 Å². The van der Waals surface area contributed by atoms with E-state index in [1.165, 1.54) is 77.0 Å². The number of aliphatic hydroxyl groups is 4. The van der Waals surface area contributed by atoms with Crippen molar-refractivity contribution in [3.8, 4) is 0 Å². The fourth-order valence-corrected chi connectivity index (χ4v) is 4.05. The molecule has 7 heteroatoms. The summed E-state index contributed by atoms with van der Waals surface area (Å²) in [6.07, 6.45) is 11.9. The summed E-state index contributed by atoms with van der Waals surface area (Å²) < 4.78 is 10.1. The molecule has 0 unspecified atom stereocenters. The van der Waals surface area contributed by atoms with Crippen molar-refractivity contribution < 1.29 is 34.7 Å². The molecule has 1 aliphatic heterocycles. The minimum Gasteiger partial charge on any atom is -0.454 e. The molecule has 0 radical (unpaired) electrons. The standard InChI is InChI=1S/C24H46O7/c1-2-3-4-5-6-7-8-9-10-11-12-13-14-15-16-17-20(26)31-23-22(28)21(27)19(18-25)30-24(23)29/h19,21-25,27-29H,2-18H2,1H3/t19-,21-,22+,23-,24-/m1/s1. The van der Waals surface area contributed by atoms with Crippen molar-refractivity contribution in [2.24, 2.45) is 0 Å². The summed E-state index contributed by atoms with van der Waals surface area (Å²) in [7, 11) is 0. The van der Waals surface area contributed by atoms with Crippen LogP contribution in [0.25, 0.3) is 0 Å². The van der Waals surface area contributed by atoms with Gasteiger partial charge in [-0.3, -0.25) is 4.79 Å². The van der Waals surface area contributed by atoms with Gasteiger partial charge in [0.1, 0.15) is 18.3 Å². The molecule has 0 spiro atoms. The molecule has 1 saturated heterocycles. The minimum atomic E-state index is -1.57. The number of hydrogen-bond donors (Lipinski definition) is 4. The van der Waals surface area contributed by atoms with Gasteiger partial charge in [-0.25, -0.2) is 0 Å². The van der Waals surface area contributed by atoms with E-state index in [-0.39, 0.29) is 6.42 Å². The SMILES string of the molecule is CCCCCCCCCCCCCCCCCC(=O)O[C@@H]1[C@@H](O)[C@H](O)[C@@H](CO)O[C@H]1O. The largest absolute Gasteiger partial charge is 0.454 e. The number of carbonyl (C=O) groups is 1. The number of carbonyl (C=O) groups excluding carboxylic acids is 1. The summed E-state index contributed by atoms with van der Waals surface area (Å²) in [6.45, 7) is 1.70. The molecule has 1 heterocycles. The molecule has 0 bridgehead atoms.